The highest BCUT2D eigenvalue weighted by Crippen LogP contribution is 2.29. The zero-order chi connectivity index (χ0) is 19.5. The van der Waals surface area contributed by atoms with Gasteiger partial charge in [-0.1, -0.05) is 48.0 Å². The Bertz CT molecular complexity index is 310. The van der Waals surface area contributed by atoms with Crippen LogP contribution in [0.5, 0.6) is 0 Å². The maximum atomic E-state index is 11.3. The molecule has 0 spiro atoms. The number of methoxy groups -OCH3 is 1. The number of imide groups is 1. The van der Waals surface area contributed by atoms with Gasteiger partial charge in [-0.3, -0.25) is 19.3 Å². The first-order chi connectivity index (χ1) is 11.5. The van der Waals surface area contributed by atoms with Crippen LogP contribution in [-0.2, 0) is 19.1 Å². The van der Waals surface area contributed by atoms with Crippen LogP contribution in [0.1, 0.15) is 80.6 Å². The van der Waals surface area contributed by atoms with Crippen LogP contribution in [-0.4, -0.2) is 36.8 Å². The van der Waals surface area contributed by atoms with E-state index in [1.54, 1.807) is 0 Å². The number of carbonyl (C=O) groups excluding carboxylic acids is 3. The van der Waals surface area contributed by atoms with Crippen LogP contribution < -0.4 is 0 Å². The number of nitrogens with zero attached hydrogens (tertiary/aromatic N) is 1. The van der Waals surface area contributed by atoms with E-state index in [0.29, 0.717) is 18.9 Å². The zero-order valence-corrected chi connectivity index (χ0v) is 17.1. The lowest BCUT2D eigenvalue weighted by atomic mass is 9.82. The van der Waals surface area contributed by atoms with Gasteiger partial charge in [0.1, 0.15) is 0 Å². The predicted molar refractivity (Wildman–Crippen MR) is 99.6 cm³/mol. The second kappa shape index (κ2) is 19.7. The SMILES string of the molecule is CC.CC.CCC.COC(=O)C1CCC(CN(C=O)C(C)=O)CC1. The Morgan fingerprint density at radius 3 is 1.75 bits per heavy atom. The molecule has 0 saturated heterocycles. The fourth-order valence-corrected chi connectivity index (χ4v) is 2.27. The van der Waals surface area contributed by atoms with Crippen LogP contribution >= 0.6 is 0 Å². The summed E-state index contributed by atoms with van der Waals surface area (Å²) in [5, 5.41) is 0. The highest BCUT2D eigenvalue weighted by atomic mass is 16.5. The molecule has 24 heavy (non-hydrogen) atoms. The summed E-state index contributed by atoms with van der Waals surface area (Å²) in [4.78, 5) is 34.3. The molecule has 1 fully saturated rings. The van der Waals surface area contributed by atoms with Crippen molar-refractivity contribution in [3.8, 4) is 0 Å². The fourth-order valence-electron chi connectivity index (χ4n) is 2.27. The van der Waals surface area contributed by atoms with Crippen molar-refractivity contribution in [3.05, 3.63) is 0 Å². The van der Waals surface area contributed by atoms with E-state index < -0.39 is 0 Å². The Morgan fingerprint density at radius 2 is 1.46 bits per heavy atom. The molecule has 0 unspecified atom stereocenters. The minimum atomic E-state index is -0.227. The van der Waals surface area contributed by atoms with E-state index in [9.17, 15) is 14.4 Å². The molecule has 5 heteroatoms. The smallest absolute Gasteiger partial charge is 0.308 e. The second-order valence-electron chi connectivity index (χ2n) is 5.22. The summed E-state index contributed by atoms with van der Waals surface area (Å²) >= 11 is 0. The summed E-state index contributed by atoms with van der Waals surface area (Å²) in [5.41, 5.74) is 0. The van der Waals surface area contributed by atoms with Gasteiger partial charge in [-0.2, -0.15) is 0 Å². The zero-order valence-electron chi connectivity index (χ0n) is 17.1. The first-order valence-corrected chi connectivity index (χ1v) is 9.30. The summed E-state index contributed by atoms with van der Waals surface area (Å²) in [5.74, 6) is -0.0828. The average molecular weight is 346 g/mol. The summed E-state index contributed by atoms with van der Waals surface area (Å²) in [7, 11) is 1.40. The van der Waals surface area contributed by atoms with E-state index in [1.165, 1.54) is 25.4 Å². The lowest BCUT2D eigenvalue weighted by Crippen LogP contribution is -2.34. The van der Waals surface area contributed by atoms with Crippen LogP contribution in [0.15, 0.2) is 0 Å². The van der Waals surface area contributed by atoms with Crippen LogP contribution in [0.25, 0.3) is 0 Å². The lowest BCUT2D eigenvalue weighted by molar-refractivity contribution is -0.147. The normalized spacial score (nSPS) is 18.2. The van der Waals surface area contributed by atoms with E-state index in [4.69, 9.17) is 4.74 Å². The van der Waals surface area contributed by atoms with Gasteiger partial charge < -0.3 is 4.74 Å². The molecule has 0 atom stereocenters. The second-order valence-corrected chi connectivity index (χ2v) is 5.22. The summed E-state index contributed by atoms with van der Waals surface area (Å²) < 4.78 is 4.71. The molecule has 1 saturated carbocycles. The molecule has 0 aromatic heterocycles. The summed E-state index contributed by atoms with van der Waals surface area (Å²) in [6.07, 6.45) is 5.10. The van der Waals surface area contributed by atoms with Crippen molar-refractivity contribution in [1.82, 2.24) is 4.90 Å². The molecule has 0 aromatic carbocycles. The highest BCUT2D eigenvalue weighted by molar-refractivity contribution is 5.84. The topological polar surface area (TPSA) is 63.7 Å². The number of ether oxygens (including phenoxy) is 1. The van der Waals surface area contributed by atoms with Gasteiger partial charge in [0.05, 0.1) is 13.0 Å². The quantitative estimate of drug-likeness (QED) is 0.558. The molecule has 2 amide bonds. The Balaban J connectivity index is -0.000000549. The van der Waals surface area contributed by atoms with Gasteiger partial charge in [-0.15, -0.1) is 0 Å². The molecule has 0 N–H and O–H groups in total. The van der Waals surface area contributed by atoms with Crippen molar-refractivity contribution < 1.29 is 19.1 Å². The minimum Gasteiger partial charge on any atom is -0.469 e. The van der Waals surface area contributed by atoms with Crippen molar-refractivity contribution in [3.63, 3.8) is 0 Å². The standard InChI is InChI=1S/C12H19NO4.C3H8.2C2H6/c1-9(15)13(8-14)7-10-3-5-11(6-4-10)12(16)17-2;1-3-2;2*1-2/h8,10-11H,3-7H2,1-2H3;3H2,1-2H3;2*1-2H3. The van der Waals surface area contributed by atoms with Gasteiger partial charge in [0.25, 0.3) is 0 Å². The van der Waals surface area contributed by atoms with Crippen LogP contribution in [0.3, 0.4) is 0 Å². The van der Waals surface area contributed by atoms with Gasteiger partial charge >= 0.3 is 5.97 Å². The molecular weight excluding hydrogens is 306 g/mol. The number of hydrogen-bond donors (Lipinski definition) is 0. The molecule has 0 aromatic rings. The molecule has 1 aliphatic carbocycles. The number of rotatable bonds is 4. The van der Waals surface area contributed by atoms with E-state index in [1.807, 2.05) is 27.7 Å². The maximum Gasteiger partial charge on any atom is 0.308 e. The van der Waals surface area contributed by atoms with Crippen molar-refractivity contribution in [2.24, 2.45) is 11.8 Å². The van der Waals surface area contributed by atoms with Gasteiger partial charge in [0, 0.05) is 13.5 Å². The van der Waals surface area contributed by atoms with Gasteiger partial charge in [0.15, 0.2) is 0 Å². The molecular formula is C19H39NO4. The van der Waals surface area contributed by atoms with Gasteiger partial charge in [-0.25, -0.2) is 0 Å². The molecule has 1 aliphatic rings. The molecule has 5 nitrogen and oxygen atoms in total. The lowest BCUT2D eigenvalue weighted by Gasteiger charge is -2.29. The Labute approximate surface area is 149 Å². The van der Waals surface area contributed by atoms with E-state index in [0.717, 1.165) is 25.7 Å². The third-order valence-corrected chi connectivity index (χ3v) is 3.37. The van der Waals surface area contributed by atoms with E-state index in [-0.39, 0.29) is 17.8 Å². The monoisotopic (exact) mass is 345 g/mol. The van der Waals surface area contributed by atoms with Gasteiger partial charge in [0.2, 0.25) is 12.3 Å². The Hall–Kier alpha value is -1.39. The number of carbonyl (C=O) groups is 3. The van der Waals surface area contributed by atoms with Crippen molar-refractivity contribution in [1.29, 1.82) is 0 Å². The molecule has 0 aliphatic heterocycles. The number of esters is 1. The van der Waals surface area contributed by atoms with E-state index in [2.05, 4.69) is 13.8 Å². The maximum absolute atomic E-state index is 11.3. The first-order valence-electron chi connectivity index (χ1n) is 9.30. The molecule has 1 rings (SSSR count). The Morgan fingerprint density at radius 1 is 1.04 bits per heavy atom. The van der Waals surface area contributed by atoms with Crippen LogP contribution in [0, 0.1) is 11.8 Å². The number of hydrogen-bond acceptors (Lipinski definition) is 4. The van der Waals surface area contributed by atoms with Crippen molar-refractivity contribution >= 4 is 18.3 Å². The van der Waals surface area contributed by atoms with Crippen molar-refractivity contribution in [2.75, 3.05) is 13.7 Å². The van der Waals surface area contributed by atoms with E-state index >= 15 is 0 Å². The minimum absolute atomic E-state index is 0.0155. The molecule has 144 valence electrons. The van der Waals surface area contributed by atoms with Crippen molar-refractivity contribution in [2.45, 2.75) is 80.6 Å². The van der Waals surface area contributed by atoms with Gasteiger partial charge in [-0.05, 0) is 31.6 Å². The number of amides is 2. The molecule has 0 heterocycles. The first kappa shape index (κ1) is 27.5. The highest BCUT2D eigenvalue weighted by Gasteiger charge is 2.28. The third kappa shape index (κ3) is 13.1. The molecule has 0 radical (unpaired) electrons. The fraction of sp³-hybridized carbons (Fsp3) is 0.842. The average Bonchev–Trinajstić information content (AvgIpc) is 2.63. The van der Waals surface area contributed by atoms with Crippen LogP contribution in [0.4, 0.5) is 0 Å². The summed E-state index contributed by atoms with van der Waals surface area (Å²) in [6, 6.07) is 0. The van der Waals surface area contributed by atoms with Crippen LogP contribution in [0.2, 0.25) is 0 Å². The molecule has 0 bridgehead atoms. The summed E-state index contributed by atoms with van der Waals surface area (Å²) in [6.45, 7) is 14.1. The Kier molecular flexibility index (Phi) is 22.5. The predicted octanol–water partition coefficient (Wildman–Crippen LogP) is 4.44. The third-order valence-electron chi connectivity index (χ3n) is 3.37. The largest absolute Gasteiger partial charge is 0.469 e.